The van der Waals surface area contributed by atoms with Crippen LogP contribution in [-0.2, 0) is 4.74 Å². The molecule has 0 saturated carbocycles. The van der Waals surface area contributed by atoms with Gasteiger partial charge < -0.3 is 19.1 Å². The lowest BCUT2D eigenvalue weighted by atomic mass is 10.1. The lowest BCUT2D eigenvalue weighted by Crippen LogP contribution is -2.38. The molecule has 0 bridgehead atoms. The van der Waals surface area contributed by atoms with E-state index in [9.17, 15) is 0 Å². The Morgan fingerprint density at radius 2 is 1.73 bits per heavy atom. The lowest BCUT2D eigenvalue weighted by molar-refractivity contribution is 0.0317. The number of nitrogens with one attached hydrogen (secondary N) is 1. The number of nitrogens with zero attached hydrogens (tertiary/aromatic N) is 5. The van der Waals surface area contributed by atoms with E-state index in [0.29, 0.717) is 25.0 Å². The molecule has 2 aliphatic rings. The van der Waals surface area contributed by atoms with E-state index < -0.39 is 0 Å². The second kappa shape index (κ2) is 17.5. The largest absolute Gasteiger partial charge is 0.487 e. The number of morpholine rings is 1. The maximum Gasteiger partial charge on any atom is 0.320 e. The fourth-order valence-electron chi connectivity index (χ4n) is 3.94. The first-order chi connectivity index (χ1) is 18.3. The van der Waals surface area contributed by atoms with E-state index in [2.05, 4.69) is 39.2 Å². The summed E-state index contributed by atoms with van der Waals surface area (Å²) in [5.41, 5.74) is 4.96. The van der Waals surface area contributed by atoms with Gasteiger partial charge in [0.2, 0.25) is 0 Å². The van der Waals surface area contributed by atoms with Crippen molar-refractivity contribution in [3.05, 3.63) is 35.9 Å². The van der Waals surface area contributed by atoms with Crippen molar-refractivity contribution >= 4 is 17.3 Å². The molecule has 1 N–H and O–H groups in total. The van der Waals surface area contributed by atoms with E-state index >= 15 is 0 Å². The van der Waals surface area contributed by atoms with E-state index in [1.165, 1.54) is 0 Å². The summed E-state index contributed by atoms with van der Waals surface area (Å²) in [5.74, 6) is 2.31. The summed E-state index contributed by atoms with van der Waals surface area (Å²) in [4.78, 5) is 13.9. The van der Waals surface area contributed by atoms with Gasteiger partial charge in [-0.05, 0) is 25.0 Å². The van der Waals surface area contributed by atoms with E-state index in [4.69, 9.17) is 19.2 Å². The minimum Gasteiger partial charge on any atom is -0.487 e. The third kappa shape index (κ3) is 9.48. The first-order valence-electron chi connectivity index (χ1n) is 13.9. The normalized spacial score (nSPS) is 15.5. The number of benzene rings is 1. The topological polar surface area (TPSA) is 84.3 Å². The monoisotopic (exact) mass is 514 g/mol. The zero-order chi connectivity index (χ0) is 26.9. The fourth-order valence-corrected chi connectivity index (χ4v) is 3.94. The Kier molecular flexibility index (Phi) is 14.4. The molecule has 1 saturated heterocycles. The Hall–Kier alpha value is -2.91. The molecule has 0 aliphatic carbocycles. The zero-order valence-electron chi connectivity index (χ0n) is 23.6. The van der Waals surface area contributed by atoms with Crippen LogP contribution in [-0.4, -0.2) is 79.7 Å². The summed E-state index contributed by atoms with van der Waals surface area (Å²) in [6, 6.07) is 10.2. The first-order valence-corrected chi connectivity index (χ1v) is 13.9. The van der Waals surface area contributed by atoms with Gasteiger partial charge in [-0.15, -0.1) is 0 Å². The maximum absolute atomic E-state index is 5.98. The Bertz CT molecular complexity index is 928. The number of rotatable bonds is 11. The predicted octanol–water partition coefficient (Wildman–Crippen LogP) is 5.08. The minimum atomic E-state index is 0.365. The second-order valence-electron chi connectivity index (χ2n) is 8.14. The summed E-state index contributed by atoms with van der Waals surface area (Å²) in [6.07, 6.45) is 2.08. The molecule has 1 fully saturated rings. The number of ether oxygens (including phenoxy) is 3. The third-order valence-corrected chi connectivity index (χ3v) is 5.61. The summed E-state index contributed by atoms with van der Waals surface area (Å²) >= 11 is 0. The second-order valence-corrected chi connectivity index (χ2v) is 8.14. The molecular formula is C28H46N6O3. The predicted molar refractivity (Wildman–Crippen MR) is 152 cm³/mol. The van der Waals surface area contributed by atoms with Crippen molar-refractivity contribution in [1.82, 2.24) is 14.9 Å². The van der Waals surface area contributed by atoms with E-state index in [0.717, 1.165) is 81.6 Å². The van der Waals surface area contributed by atoms with Crippen molar-refractivity contribution in [2.24, 2.45) is 5.10 Å². The highest BCUT2D eigenvalue weighted by Gasteiger charge is 2.19. The highest BCUT2D eigenvalue weighted by atomic mass is 16.5. The molecule has 206 valence electrons. The van der Waals surface area contributed by atoms with Crippen LogP contribution in [0.1, 0.15) is 59.9 Å². The highest BCUT2D eigenvalue weighted by Crippen LogP contribution is 2.25. The Labute approximate surface area is 223 Å². The lowest BCUT2D eigenvalue weighted by Gasteiger charge is -2.26. The highest BCUT2D eigenvalue weighted by molar-refractivity contribution is 6.06. The van der Waals surface area contributed by atoms with Crippen LogP contribution in [0.25, 0.3) is 0 Å². The molecule has 2 aromatic rings. The van der Waals surface area contributed by atoms with Crippen LogP contribution < -0.4 is 19.8 Å². The third-order valence-electron chi connectivity index (χ3n) is 5.61. The van der Waals surface area contributed by atoms with Gasteiger partial charge in [0.25, 0.3) is 0 Å². The van der Waals surface area contributed by atoms with Crippen LogP contribution in [0.4, 0.5) is 11.6 Å². The van der Waals surface area contributed by atoms with Crippen molar-refractivity contribution < 1.29 is 14.2 Å². The number of hydrogen-bond acceptors (Lipinski definition) is 9. The van der Waals surface area contributed by atoms with Crippen LogP contribution >= 0.6 is 0 Å². The SMILES string of the molecule is CC.CC.CCCN(CCC)c1cc(N/N=C2\COc3ccccc32)nc(OCCN2CCOCC2)n1. The molecule has 0 amide bonds. The van der Waals surface area contributed by atoms with Gasteiger partial charge in [0, 0.05) is 44.4 Å². The van der Waals surface area contributed by atoms with Gasteiger partial charge in [-0.1, -0.05) is 53.7 Å². The van der Waals surface area contributed by atoms with Gasteiger partial charge in [-0.25, -0.2) is 0 Å². The van der Waals surface area contributed by atoms with Crippen LogP contribution in [0.3, 0.4) is 0 Å². The average molecular weight is 515 g/mol. The Morgan fingerprint density at radius 1 is 1.03 bits per heavy atom. The summed E-state index contributed by atoms with van der Waals surface area (Å²) in [6.45, 7) is 19.4. The summed E-state index contributed by atoms with van der Waals surface area (Å²) in [7, 11) is 0. The van der Waals surface area contributed by atoms with Crippen molar-refractivity contribution in [1.29, 1.82) is 0 Å². The number of para-hydroxylation sites is 1. The maximum atomic E-state index is 5.98. The van der Waals surface area contributed by atoms with Gasteiger partial charge in [-0.2, -0.15) is 15.1 Å². The minimum absolute atomic E-state index is 0.365. The number of fused-ring (bicyclic) bond motifs is 1. The van der Waals surface area contributed by atoms with Crippen molar-refractivity contribution in [2.75, 3.05) is 69.5 Å². The zero-order valence-corrected chi connectivity index (χ0v) is 23.6. The number of anilines is 2. The molecule has 9 nitrogen and oxygen atoms in total. The molecule has 0 atom stereocenters. The van der Waals surface area contributed by atoms with Crippen LogP contribution in [0.5, 0.6) is 11.8 Å². The first kappa shape index (κ1) is 30.3. The molecule has 0 radical (unpaired) electrons. The molecule has 1 aromatic heterocycles. The van der Waals surface area contributed by atoms with Crippen LogP contribution in [0.2, 0.25) is 0 Å². The molecule has 1 aromatic carbocycles. The number of hydrazone groups is 1. The number of hydrogen-bond donors (Lipinski definition) is 1. The molecule has 4 rings (SSSR count). The average Bonchev–Trinajstić information content (AvgIpc) is 3.38. The Morgan fingerprint density at radius 3 is 2.43 bits per heavy atom. The van der Waals surface area contributed by atoms with Crippen molar-refractivity contribution in [3.8, 4) is 11.8 Å². The molecule has 0 spiro atoms. The smallest absolute Gasteiger partial charge is 0.320 e. The summed E-state index contributed by atoms with van der Waals surface area (Å²) in [5, 5.41) is 4.58. The molecule has 9 heteroatoms. The quantitative estimate of drug-likeness (QED) is 0.416. The van der Waals surface area contributed by atoms with Crippen molar-refractivity contribution in [2.45, 2.75) is 54.4 Å². The van der Waals surface area contributed by atoms with Gasteiger partial charge >= 0.3 is 6.01 Å². The number of aromatic nitrogens is 2. The van der Waals surface area contributed by atoms with Gasteiger partial charge in [0.05, 0.1) is 13.2 Å². The standard InChI is InChI=1S/C24H34N6O3.2C2H6/c1-3-9-30(10-4-2)23-17-22(28-27-20-18-33-21-8-6-5-7-19(20)21)25-24(26-23)32-16-13-29-11-14-31-15-12-29;2*1-2/h5-8,17H,3-4,9-16,18H2,1-2H3,(H,25,26,28);2*1-2H3/b27-20+;;. The van der Waals surface area contributed by atoms with Crippen molar-refractivity contribution in [3.63, 3.8) is 0 Å². The van der Waals surface area contributed by atoms with Crippen LogP contribution in [0, 0.1) is 0 Å². The summed E-state index contributed by atoms with van der Waals surface area (Å²) < 4.78 is 17.1. The van der Waals surface area contributed by atoms with E-state index in [-0.39, 0.29) is 0 Å². The van der Waals surface area contributed by atoms with E-state index in [1.54, 1.807) is 0 Å². The molecular weight excluding hydrogens is 468 g/mol. The van der Waals surface area contributed by atoms with Gasteiger partial charge in [0.15, 0.2) is 5.82 Å². The molecule has 0 unspecified atom stereocenters. The van der Waals surface area contributed by atoms with E-state index in [1.807, 2.05) is 58.0 Å². The van der Waals surface area contributed by atoms with Gasteiger partial charge in [-0.3, -0.25) is 10.3 Å². The Balaban J connectivity index is 0.00000115. The fraction of sp³-hybridized carbons (Fsp3) is 0.607. The van der Waals surface area contributed by atoms with Gasteiger partial charge in [0.1, 0.15) is 30.5 Å². The van der Waals surface area contributed by atoms with Crippen LogP contribution in [0.15, 0.2) is 35.4 Å². The molecule has 2 aliphatic heterocycles. The molecule has 37 heavy (non-hydrogen) atoms. The molecule has 3 heterocycles.